The van der Waals surface area contributed by atoms with Gasteiger partial charge in [0.1, 0.15) is 5.52 Å². The number of benzene rings is 2. The normalized spacial score (nSPS) is 11.9. The minimum atomic E-state index is 0.379. The molecular weight excluding hydrogens is 228 g/mol. The van der Waals surface area contributed by atoms with Crippen molar-refractivity contribution in [1.29, 1.82) is 0 Å². The molecule has 0 radical (unpaired) electrons. The highest BCUT2D eigenvalue weighted by atomic mass is 16.5. The second kappa shape index (κ2) is 4.33. The number of rotatable bonds is 2. The van der Waals surface area contributed by atoms with E-state index in [1.54, 1.807) is 0 Å². The second-order valence-electron chi connectivity index (χ2n) is 3.84. The molecule has 3 aromatic rings. The molecule has 0 bridgehead atoms. The quantitative estimate of drug-likeness (QED) is 0.424. The molecule has 1 N–H and O–H groups in total. The van der Waals surface area contributed by atoms with Crippen LogP contribution in [0.15, 0.2) is 64.3 Å². The first-order valence-electron chi connectivity index (χ1n) is 5.52. The zero-order valence-electron chi connectivity index (χ0n) is 9.45. The van der Waals surface area contributed by atoms with Gasteiger partial charge in [0.15, 0.2) is 11.5 Å². The van der Waals surface area contributed by atoms with Crippen molar-refractivity contribution < 1.29 is 9.73 Å². The Morgan fingerprint density at radius 2 is 1.72 bits per heavy atom. The molecule has 1 heterocycles. The summed E-state index contributed by atoms with van der Waals surface area (Å²) in [4.78, 5) is 0. The summed E-state index contributed by atoms with van der Waals surface area (Å²) in [6.07, 6.45) is 0. The monoisotopic (exact) mass is 238 g/mol. The van der Waals surface area contributed by atoms with E-state index in [2.05, 4.69) is 10.3 Å². The highest BCUT2D eigenvalue weighted by Gasteiger charge is 2.16. The zero-order valence-corrected chi connectivity index (χ0v) is 9.45. The highest BCUT2D eigenvalue weighted by Crippen LogP contribution is 2.21. The van der Waals surface area contributed by atoms with Gasteiger partial charge in [-0.2, -0.15) is 0 Å². The first-order chi connectivity index (χ1) is 8.90. The molecule has 0 amide bonds. The van der Waals surface area contributed by atoms with Crippen LogP contribution in [0.5, 0.6) is 0 Å². The molecular formula is C14H10N2O2. The van der Waals surface area contributed by atoms with Gasteiger partial charge in [-0.3, -0.25) is 0 Å². The lowest BCUT2D eigenvalue weighted by atomic mass is 10.1. The van der Waals surface area contributed by atoms with Crippen molar-refractivity contribution >= 4 is 16.6 Å². The molecule has 0 unspecified atom stereocenters. The van der Waals surface area contributed by atoms with Gasteiger partial charge in [0, 0.05) is 5.56 Å². The highest BCUT2D eigenvalue weighted by molar-refractivity contribution is 6.16. The molecule has 0 fully saturated rings. The van der Waals surface area contributed by atoms with Gasteiger partial charge in [0.25, 0.3) is 0 Å². The molecule has 0 aliphatic rings. The largest absolute Gasteiger partial charge is 0.410 e. The lowest BCUT2D eigenvalue weighted by Gasteiger charge is -2.00. The van der Waals surface area contributed by atoms with Gasteiger partial charge in [-0.05, 0) is 12.1 Å². The van der Waals surface area contributed by atoms with E-state index < -0.39 is 0 Å². The summed E-state index contributed by atoms with van der Waals surface area (Å²) < 4.78 is 5.28. The summed E-state index contributed by atoms with van der Waals surface area (Å²) in [6.45, 7) is 0. The predicted octanol–water partition coefficient (Wildman–Crippen LogP) is 3.05. The number of aromatic nitrogens is 1. The smallest absolute Gasteiger partial charge is 0.197 e. The predicted molar refractivity (Wildman–Crippen MR) is 67.9 cm³/mol. The number of nitrogens with zero attached hydrogens (tertiary/aromatic N) is 2. The molecule has 0 aliphatic heterocycles. The lowest BCUT2D eigenvalue weighted by Crippen LogP contribution is -2.02. The topological polar surface area (TPSA) is 58.6 Å². The Kier molecular flexibility index (Phi) is 2.53. The van der Waals surface area contributed by atoms with Crippen LogP contribution in [0.4, 0.5) is 0 Å². The van der Waals surface area contributed by atoms with Crippen molar-refractivity contribution in [2.24, 2.45) is 5.16 Å². The molecule has 0 aliphatic carbocycles. The van der Waals surface area contributed by atoms with E-state index in [0.29, 0.717) is 11.5 Å². The third-order valence-corrected chi connectivity index (χ3v) is 2.75. The molecule has 0 atom stereocenters. The van der Waals surface area contributed by atoms with Gasteiger partial charge in [-0.15, -0.1) is 0 Å². The summed E-state index contributed by atoms with van der Waals surface area (Å²) in [5.74, 6) is 0.472. The van der Waals surface area contributed by atoms with E-state index >= 15 is 0 Å². The maximum Gasteiger partial charge on any atom is 0.197 e. The van der Waals surface area contributed by atoms with Gasteiger partial charge >= 0.3 is 0 Å². The molecule has 18 heavy (non-hydrogen) atoms. The fourth-order valence-electron chi connectivity index (χ4n) is 1.89. The summed E-state index contributed by atoms with van der Waals surface area (Å²) in [6, 6.07) is 16.9. The van der Waals surface area contributed by atoms with Crippen molar-refractivity contribution in [3.63, 3.8) is 0 Å². The molecule has 88 valence electrons. The Hall–Kier alpha value is -2.62. The molecule has 0 saturated carbocycles. The van der Waals surface area contributed by atoms with Crippen LogP contribution in [0.3, 0.4) is 0 Å². The summed E-state index contributed by atoms with van der Waals surface area (Å²) in [5.41, 5.74) is 1.90. The third-order valence-electron chi connectivity index (χ3n) is 2.75. The van der Waals surface area contributed by atoms with Gasteiger partial charge in [-0.25, -0.2) is 0 Å². The second-order valence-corrected chi connectivity index (χ2v) is 3.84. The number of hydrogen-bond acceptors (Lipinski definition) is 4. The van der Waals surface area contributed by atoms with E-state index in [1.165, 1.54) is 0 Å². The summed E-state index contributed by atoms with van der Waals surface area (Å²) in [7, 11) is 0. The Bertz CT molecular complexity index is 702. The summed E-state index contributed by atoms with van der Waals surface area (Å²) in [5, 5.41) is 17.3. The number of oxime groups is 1. The van der Waals surface area contributed by atoms with Gasteiger partial charge in [0.2, 0.25) is 0 Å². The van der Waals surface area contributed by atoms with Crippen molar-refractivity contribution in [3.8, 4) is 0 Å². The first kappa shape index (κ1) is 10.5. The Morgan fingerprint density at radius 3 is 2.50 bits per heavy atom. The maximum absolute atomic E-state index is 9.21. The van der Waals surface area contributed by atoms with Gasteiger partial charge < -0.3 is 9.73 Å². The molecule has 2 aromatic carbocycles. The Balaban J connectivity index is 2.19. The van der Waals surface area contributed by atoms with Crippen LogP contribution in [0.1, 0.15) is 11.3 Å². The molecule has 4 heteroatoms. The van der Waals surface area contributed by atoms with Crippen molar-refractivity contribution in [2.45, 2.75) is 0 Å². The Morgan fingerprint density at radius 1 is 1.00 bits per heavy atom. The first-order valence-corrected chi connectivity index (χ1v) is 5.52. The fourth-order valence-corrected chi connectivity index (χ4v) is 1.89. The minimum absolute atomic E-state index is 0.379. The van der Waals surface area contributed by atoms with Crippen molar-refractivity contribution in [2.75, 3.05) is 0 Å². The molecule has 3 rings (SSSR count). The molecule has 0 spiro atoms. The standard InChI is InChI=1S/C14H10N2O2/c17-15-13(10-6-2-1-3-7-10)14-11-8-4-5-9-12(11)16-18-14/h1-9,17H/b15-13+. The lowest BCUT2D eigenvalue weighted by molar-refractivity contribution is 0.317. The number of hydrogen-bond donors (Lipinski definition) is 1. The van der Waals surface area contributed by atoms with E-state index in [-0.39, 0.29) is 0 Å². The molecule has 4 nitrogen and oxygen atoms in total. The molecule has 0 saturated heterocycles. The third kappa shape index (κ3) is 1.64. The zero-order chi connectivity index (χ0) is 12.4. The summed E-state index contributed by atoms with van der Waals surface area (Å²) >= 11 is 0. The van der Waals surface area contributed by atoms with Crippen LogP contribution in [0.2, 0.25) is 0 Å². The van der Waals surface area contributed by atoms with Gasteiger partial charge in [0.05, 0.1) is 5.39 Å². The maximum atomic E-state index is 9.21. The van der Waals surface area contributed by atoms with Crippen LogP contribution in [-0.2, 0) is 0 Å². The van der Waals surface area contributed by atoms with E-state index in [4.69, 9.17) is 4.52 Å². The van der Waals surface area contributed by atoms with Crippen molar-refractivity contribution in [3.05, 3.63) is 65.9 Å². The fraction of sp³-hybridized carbons (Fsp3) is 0. The molecule has 1 aromatic heterocycles. The van der Waals surface area contributed by atoms with Crippen LogP contribution in [0, 0.1) is 0 Å². The minimum Gasteiger partial charge on any atom is -0.410 e. The van der Waals surface area contributed by atoms with Gasteiger partial charge in [-0.1, -0.05) is 52.8 Å². The SMILES string of the molecule is O/N=C(\c1ccccc1)c1onc2ccccc12. The van der Waals surface area contributed by atoms with E-state index in [9.17, 15) is 5.21 Å². The van der Waals surface area contributed by atoms with Crippen LogP contribution < -0.4 is 0 Å². The van der Waals surface area contributed by atoms with Crippen LogP contribution >= 0.6 is 0 Å². The van der Waals surface area contributed by atoms with Crippen LogP contribution in [-0.4, -0.2) is 16.1 Å². The van der Waals surface area contributed by atoms with Crippen LogP contribution in [0.25, 0.3) is 10.9 Å². The average molecular weight is 238 g/mol. The van der Waals surface area contributed by atoms with Crippen molar-refractivity contribution in [1.82, 2.24) is 5.16 Å². The average Bonchev–Trinajstić information content (AvgIpc) is 2.85. The van der Waals surface area contributed by atoms with E-state index in [1.807, 2.05) is 54.6 Å². The number of fused-ring (bicyclic) bond motifs is 1. The Labute approximate surface area is 103 Å². The van der Waals surface area contributed by atoms with E-state index in [0.717, 1.165) is 16.5 Å².